The van der Waals surface area contributed by atoms with Crippen molar-refractivity contribution < 1.29 is 4.42 Å². The molecule has 4 aliphatic rings. The molecule has 0 N–H and O–H groups in total. The van der Waals surface area contributed by atoms with E-state index in [2.05, 4.69) is 394 Å². The molecule has 0 amide bonds. The van der Waals surface area contributed by atoms with Crippen molar-refractivity contribution in [3.8, 4) is 22.3 Å². The van der Waals surface area contributed by atoms with E-state index in [1.54, 1.807) is 0 Å². The van der Waals surface area contributed by atoms with E-state index in [1.807, 2.05) is 0 Å². The minimum atomic E-state index is -0.377. The number of hydrogen-bond donors (Lipinski definition) is 0. The number of aromatic nitrogens is 2. The number of aryl methyl sites for hydroxylation is 2. The van der Waals surface area contributed by atoms with Gasteiger partial charge in [0.15, 0.2) is 0 Å². The first-order chi connectivity index (χ1) is 57.5. The van der Waals surface area contributed by atoms with Crippen molar-refractivity contribution >= 4 is 211 Å². The van der Waals surface area contributed by atoms with Gasteiger partial charge in [0, 0.05) is 105 Å². The maximum absolute atomic E-state index is 7.39. The van der Waals surface area contributed by atoms with E-state index in [1.165, 1.54) is 231 Å². The molecule has 0 atom stereocenters. The van der Waals surface area contributed by atoms with Crippen LogP contribution in [0.3, 0.4) is 0 Å². The van der Waals surface area contributed by atoms with E-state index >= 15 is 0 Å². The summed E-state index contributed by atoms with van der Waals surface area (Å²) in [6.07, 6.45) is 0.800. The van der Waals surface area contributed by atoms with E-state index in [-0.39, 0.29) is 35.4 Å². The molecule has 0 radical (unpaired) electrons. The number of anilines is 6. The Bertz CT molecular complexity index is 8210. The molecular formula is C112H88B2N4O. The van der Waals surface area contributed by atoms with Crippen molar-refractivity contribution in [1.29, 1.82) is 0 Å². The molecule has 7 heteroatoms. The van der Waals surface area contributed by atoms with Gasteiger partial charge in [-0.15, -0.1) is 0 Å². The maximum Gasteiger partial charge on any atom is 0.333 e. The fraction of sp³-hybridized carbons (Fsp3) is 0.161. The number of para-hydroxylation sites is 3. The van der Waals surface area contributed by atoms with Crippen molar-refractivity contribution in [2.45, 2.75) is 118 Å². The third-order valence-electron chi connectivity index (χ3n) is 28.3. The fourth-order valence-electron chi connectivity index (χ4n) is 22.5. The summed E-state index contributed by atoms with van der Waals surface area (Å²) >= 11 is 0. The van der Waals surface area contributed by atoms with Gasteiger partial charge in [0.25, 0.3) is 0 Å². The van der Waals surface area contributed by atoms with Crippen molar-refractivity contribution in [3.05, 3.63) is 324 Å². The van der Waals surface area contributed by atoms with Crippen LogP contribution >= 0.6 is 0 Å². The number of rotatable bonds is 5. The first-order valence-electron chi connectivity index (χ1n) is 42.8. The van der Waals surface area contributed by atoms with Gasteiger partial charge in [-0.3, -0.25) is 0 Å². The van der Waals surface area contributed by atoms with Crippen LogP contribution in [0.15, 0.2) is 290 Å². The zero-order valence-electron chi connectivity index (χ0n) is 69.7. The first-order valence-corrected chi connectivity index (χ1v) is 42.8. The van der Waals surface area contributed by atoms with Gasteiger partial charge in [-0.05, 0) is 275 Å². The summed E-state index contributed by atoms with van der Waals surface area (Å²) in [5.74, 6) is 0. The van der Waals surface area contributed by atoms with Crippen LogP contribution in [0, 0.1) is 13.8 Å². The summed E-state index contributed by atoms with van der Waals surface area (Å²) in [4.78, 5) is 5.42. The number of nitrogens with zero attached hydrogens (tertiary/aromatic N) is 4. The van der Waals surface area contributed by atoms with Crippen LogP contribution in [-0.2, 0) is 28.1 Å². The molecule has 7 heterocycles. The number of furan rings is 1. The van der Waals surface area contributed by atoms with Crippen LogP contribution in [-0.4, -0.2) is 22.7 Å². The van der Waals surface area contributed by atoms with Crippen molar-refractivity contribution in [1.82, 2.24) is 8.96 Å². The van der Waals surface area contributed by atoms with Crippen LogP contribution in [0.4, 0.5) is 34.1 Å². The summed E-state index contributed by atoms with van der Waals surface area (Å²) in [5.41, 5.74) is 32.7. The second kappa shape index (κ2) is 23.6. The van der Waals surface area contributed by atoms with Crippen molar-refractivity contribution in [3.63, 3.8) is 0 Å². The third kappa shape index (κ3) is 9.50. The predicted octanol–water partition coefficient (Wildman–Crippen LogP) is 27.7. The van der Waals surface area contributed by atoms with Gasteiger partial charge in [0.2, 0.25) is 0 Å². The minimum absolute atomic E-state index is 0.102. The summed E-state index contributed by atoms with van der Waals surface area (Å²) in [5, 5.41) is 25.0. The normalized spacial score (nSPS) is 13.9. The molecule has 25 rings (SSSR count). The van der Waals surface area contributed by atoms with E-state index in [0.29, 0.717) is 0 Å². The summed E-state index contributed by atoms with van der Waals surface area (Å²) in [6.45, 7) is 30.9. The first kappa shape index (κ1) is 69.1. The Hall–Kier alpha value is -13.1. The second-order valence-corrected chi connectivity index (χ2v) is 39.0. The molecule has 568 valence electrons. The lowest BCUT2D eigenvalue weighted by molar-refractivity contribution is 0.517. The Morgan fingerprint density at radius 1 is 0.311 bits per heavy atom. The van der Waals surface area contributed by atoms with E-state index in [9.17, 15) is 0 Å². The molecule has 21 aromatic rings. The molecule has 119 heavy (non-hydrogen) atoms. The molecule has 0 saturated carbocycles. The number of hydrogen-bond acceptors (Lipinski definition) is 3. The molecule has 18 aromatic carbocycles. The Morgan fingerprint density at radius 3 is 1.28 bits per heavy atom. The zero-order chi connectivity index (χ0) is 80.2. The fourth-order valence-corrected chi connectivity index (χ4v) is 22.5. The predicted molar refractivity (Wildman–Crippen MR) is 512 cm³/mol. The highest BCUT2D eigenvalue weighted by Gasteiger charge is 2.49. The van der Waals surface area contributed by atoms with Gasteiger partial charge >= 0.3 is 13.7 Å². The molecule has 5 nitrogen and oxygen atoms in total. The van der Waals surface area contributed by atoms with Crippen LogP contribution < -0.4 is 31.7 Å². The highest BCUT2D eigenvalue weighted by atomic mass is 16.3. The van der Waals surface area contributed by atoms with Crippen molar-refractivity contribution in [2.75, 3.05) is 9.80 Å². The average Bonchev–Trinajstić information content (AvgIpc) is 1.59. The Balaban J connectivity index is 0.714. The highest BCUT2D eigenvalue weighted by molar-refractivity contribution is 6.92. The maximum atomic E-state index is 7.39. The second-order valence-electron chi connectivity index (χ2n) is 39.0. The molecule has 0 unspecified atom stereocenters. The van der Waals surface area contributed by atoms with Crippen LogP contribution in [0.2, 0.25) is 0 Å². The molecule has 3 aromatic heterocycles. The number of fused-ring (bicyclic) bond motifs is 28. The van der Waals surface area contributed by atoms with Gasteiger partial charge in [0.1, 0.15) is 11.2 Å². The molecular weight excluding hydrogens is 1440 g/mol. The topological polar surface area (TPSA) is 29.5 Å². The van der Waals surface area contributed by atoms with Crippen LogP contribution in [0.5, 0.6) is 0 Å². The SMILES string of the molecule is Cc1c2c(cc3cc4ccccc4cc13)B1c3c(cc4ccccc4c3-c3cc4ccc(CC(C)(C)c5cc(N6c7cc8c(oc9ccccc98)c8c7B(c7cc9cc%10ccccc%10cc9c(C)c76)n6c7ccccc7c7c9ccccc9cc-8c76)cc(C(C)(C)C)c5)cc4c4c5ccccc5n1c34)N2c1cc(C(C)(C)C)cc(C(C)(C)C)c1. The van der Waals surface area contributed by atoms with Gasteiger partial charge < -0.3 is 23.2 Å². The quantitative estimate of drug-likeness (QED) is 0.127. The molecule has 0 aliphatic carbocycles. The van der Waals surface area contributed by atoms with E-state index < -0.39 is 0 Å². The highest BCUT2D eigenvalue weighted by Crippen LogP contribution is 2.56. The molecule has 4 aliphatic heterocycles. The molecule has 0 fully saturated rings. The number of benzene rings is 18. The van der Waals surface area contributed by atoms with Crippen molar-refractivity contribution in [2.24, 2.45) is 0 Å². The summed E-state index contributed by atoms with van der Waals surface area (Å²) < 4.78 is 12.9. The zero-order valence-corrected chi connectivity index (χ0v) is 69.7. The molecule has 0 bridgehead atoms. The summed E-state index contributed by atoms with van der Waals surface area (Å²) in [7, 11) is 0. The summed E-state index contributed by atoms with van der Waals surface area (Å²) in [6, 6.07) is 111. The Morgan fingerprint density at radius 2 is 0.731 bits per heavy atom. The molecule has 0 spiro atoms. The average molecular weight is 1530 g/mol. The third-order valence-corrected chi connectivity index (χ3v) is 28.3. The minimum Gasteiger partial charge on any atom is -0.455 e. The van der Waals surface area contributed by atoms with E-state index in [4.69, 9.17) is 4.42 Å². The lowest BCUT2D eigenvalue weighted by Gasteiger charge is -2.43. The standard InChI is InChI=1S/C112H88B2N4O/c1-62-85-47-67-30-16-14-28-65(67)45-72(85)51-91-104(62)115(78-56-74(109(3,4)5)54-75(57-78)110(6,7)8)95-53-70-33-19-20-34-80(70)98-89-50-71-43-42-64(44-87(71)100-84-38-23-26-40-94(84)117(106(89)100)113(91)102(95)98)61-112(12,13)77-55-76(111(9,10)11)58-79(59-77)116-96-60-88-82-36-24-27-41-97(82)119-108(88)101-90-49-69-32-18-21-35-81(69)99-83-37-22-25-39-93(83)118(107(90)99)114(103(96)101)92-52-73-46-66-29-15-17-31-68(66)48-86(73)63(2)105(92)116/h14-60H,61H2,1-13H3. The molecule has 0 saturated heterocycles. The van der Waals surface area contributed by atoms with E-state index in [0.717, 1.165) is 34.0 Å². The van der Waals surface area contributed by atoms with Gasteiger partial charge in [-0.1, -0.05) is 270 Å². The Kier molecular flexibility index (Phi) is 13.7. The lowest BCUT2D eigenvalue weighted by atomic mass is 9.44. The largest absolute Gasteiger partial charge is 0.455 e. The van der Waals surface area contributed by atoms with Gasteiger partial charge in [0.05, 0.1) is 0 Å². The lowest BCUT2D eigenvalue weighted by Crippen LogP contribution is -2.57. The smallest absolute Gasteiger partial charge is 0.333 e. The Labute approximate surface area is 693 Å². The van der Waals surface area contributed by atoms with Crippen LogP contribution in [0.25, 0.3) is 163 Å². The van der Waals surface area contributed by atoms with Gasteiger partial charge in [-0.2, -0.15) is 0 Å². The van der Waals surface area contributed by atoms with Crippen LogP contribution in [0.1, 0.15) is 115 Å². The van der Waals surface area contributed by atoms with Gasteiger partial charge in [-0.25, -0.2) is 0 Å². The monoisotopic (exact) mass is 1530 g/mol.